The van der Waals surface area contributed by atoms with Gasteiger partial charge in [-0.1, -0.05) is 45.1 Å². The van der Waals surface area contributed by atoms with E-state index in [1.54, 1.807) is 35.4 Å². The standard InChI is InChI=1S/C8H14O2S4/c1-7(9)11-3-5-13-14-6-4-12-8(2)10/h3-6H2,1-2H3. The normalized spacial score (nSPS) is 10.1. The van der Waals surface area contributed by atoms with E-state index >= 15 is 0 Å². The van der Waals surface area contributed by atoms with Gasteiger partial charge in [0, 0.05) is 36.9 Å². The minimum Gasteiger partial charge on any atom is -0.288 e. The second kappa shape index (κ2) is 10.3. The second-order valence-corrected chi connectivity index (χ2v) is 7.57. The van der Waals surface area contributed by atoms with E-state index < -0.39 is 0 Å². The molecule has 0 radical (unpaired) electrons. The summed E-state index contributed by atoms with van der Waals surface area (Å²) in [5.74, 6) is 3.74. The van der Waals surface area contributed by atoms with Crippen LogP contribution in [-0.4, -0.2) is 33.2 Å². The van der Waals surface area contributed by atoms with Crippen molar-refractivity contribution in [1.29, 1.82) is 0 Å². The summed E-state index contributed by atoms with van der Waals surface area (Å²) >= 11 is 2.74. The minimum absolute atomic E-state index is 0.183. The van der Waals surface area contributed by atoms with Gasteiger partial charge in [-0.05, 0) is 0 Å². The Morgan fingerprint density at radius 1 is 0.786 bits per heavy atom. The van der Waals surface area contributed by atoms with Crippen molar-refractivity contribution in [2.75, 3.05) is 23.0 Å². The van der Waals surface area contributed by atoms with Crippen LogP contribution >= 0.6 is 45.1 Å². The summed E-state index contributed by atoms with van der Waals surface area (Å²) in [4.78, 5) is 21.1. The Hall–Kier alpha value is 0.740. The Labute approximate surface area is 102 Å². The van der Waals surface area contributed by atoms with Crippen molar-refractivity contribution in [3.63, 3.8) is 0 Å². The van der Waals surface area contributed by atoms with Gasteiger partial charge in [-0.2, -0.15) is 0 Å². The van der Waals surface area contributed by atoms with Gasteiger partial charge in [0.05, 0.1) is 0 Å². The van der Waals surface area contributed by atoms with Crippen LogP contribution in [0.25, 0.3) is 0 Å². The third-order valence-corrected chi connectivity index (χ3v) is 5.58. The number of thioether (sulfide) groups is 2. The molecule has 0 rings (SSSR count). The van der Waals surface area contributed by atoms with Crippen LogP contribution in [0, 0.1) is 0 Å². The molecule has 0 aliphatic heterocycles. The fourth-order valence-corrected chi connectivity index (χ4v) is 4.51. The molecule has 0 saturated carbocycles. The van der Waals surface area contributed by atoms with Crippen LogP contribution < -0.4 is 0 Å². The van der Waals surface area contributed by atoms with E-state index in [0.29, 0.717) is 0 Å². The fraction of sp³-hybridized carbons (Fsp3) is 0.750. The first-order valence-electron chi connectivity index (χ1n) is 4.14. The lowest BCUT2D eigenvalue weighted by atomic mass is 10.9. The van der Waals surface area contributed by atoms with Crippen LogP contribution in [0.5, 0.6) is 0 Å². The summed E-state index contributed by atoms with van der Waals surface area (Å²) in [5, 5.41) is 0.366. The molecule has 0 aromatic heterocycles. The van der Waals surface area contributed by atoms with Crippen molar-refractivity contribution < 1.29 is 9.59 Å². The quantitative estimate of drug-likeness (QED) is 0.523. The molecule has 0 saturated heterocycles. The van der Waals surface area contributed by atoms with Crippen molar-refractivity contribution in [2.24, 2.45) is 0 Å². The van der Waals surface area contributed by atoms with Crippen LogP contribution in [0.3, 0.4) is 0 Å². The van der Waals surface area contributed by atoms with Crippen LogP contribution in [-0.2, 0) is 9.59 Å². The van der Waals surface area contributed by atoms with Gasteiger partial charge in [0.15, 0.2) is 10.2 Å². The number of carbonyl (C=O) groups excluding carboxylic acids is 2. The third kappa shape index (κ3) is 12.7. The molecule has 0 amide bonds. The third-order valence-electron chi connectivity index (χ3n) is 1.03. The van der Waals surface area contributed by atoms with E-state index in [-0.39, 0.29) is 10.2 Å². The molecule has 6 heteroatoms. The molecule has 14 heavy (non-hydrogen) atoms. The number of rotatable bonds is 7. The number of hydrogen-bond donors (Lipinski definition) is 0. The van der Waals surface area contributed by atoms with Gasteiger partial charge >= 0.3 is 0 Å². The first-order valence-corrected chi connectivity index (χ1v) is 8.60. The van der Waals surface area contributed by atoms with Gasteiger partial charge in [-0.25, -0.2) is 0 Å². The zero-order chi connectivity index (χ0) is 10.8. The summed E-state index contributed by atoms with van der Waals surface area (Å²) in [7, 11) is 3.53. The second-order valence-electron chi connectivity index (χ2n) is 2.32. The maximum atomic E-state index is 10.6. The zero-order valence-corrected chi connectivity index (χ0v) is 11.5. The molecule has 0 aromatic rings. The van der Waals surface area contributed by atoms with E-state index in [2.05, 4.69) is 0 Å². The molecular formula is C8H14O2S4. The van der Waals surface area contributed by atoms with Gasteiger partial charge < -0.3 is 0 Å². The van der Waals surface area contributed by atoms with E-state index in [0.717, 1.165) is 23.0 Å². The van der Waals surface area contributed by atoms with Crippen LogP contribution in [0.1, 0.15) is 13.8 Å². The average Bonchev–Trinajstić information content (AvgIpc) is 2.08. The number of hydrogen-bond acceptors (Lipinski definition) is 6. The maximum absolute atomic E-state index is 10.6. The van der Waals surface area contributed by atoms with Gasteiger partial charge in [0.25, 0.3) is 0 Å². The summed E-state index contributed by atoms with van der Waals surface area (Å²) in [5.41, 5.74) is 0. The topological polar surface area (TPSA) is 34.1 Å². The first kappa shape index (κ1) is 14.7. The predicted octanol–water partition coefficient (Wildman–Crippen LogP) is 2.93. The molecule has 2 nitrogen and oxygen atoms in total. The lowest BCUT2D eigenvalue weighted by Crippen LogP contribution is -1.90. The molecule has 0 fully saturated rings. The van der Waals surface area contributed by atoms with Gasteiger partial charge in [0.1, 0.15) is 0 Å². The van der Waals surface area contributed by atoms with Crippen LogP contribution in [0.2, 0.25) is 0 Å². The molecular weight excluding hydrogens is 256 g/mol. The SMILES string of the molecule is CC(=O)SCCSSCCSC(C)=O. The van der Waals surface area contributed by atoms with E-state index in [9.17, 15) is 9.59 Å². The molecule has 0 spiro atoms. The highest BCUT2D eigenvalue weighted by molar-refractivity contribution is 8.76. The smallest absolute Gasteiger partial charge is 0.185 e. The predicted molar refractivity (Wildman–Crippen MR) is 71.2 cm³/mol. The van der Waals surface area contributed by atoms with Gasteiger partial charge in [-0.3, -0.25) is 9.59 Å². The molecule has 0 bridgehead atoms. The zero-order valence-electron chi connectivity index (χ0n) is 8.28. The molecule has 0 atom stereocenters. The molecule has 0 aliphatic carbocycles. The maximum Gasteiger partial charge on any atom is 0.185 e. The highest BCUT2D eigenvalue weighted by Crippen LogP contribution is 2.23. The van der Waals surface area contributed by atoms with Crippen molar-refractivity contribution in [2.45, 2.75) is 13.8 Å². The van der Waals surface area contributed by atoms with Gasteiger partial charge in [-0.15, -0.1) is 0 Å². The highest BCUT2D eigenvalue weighted by atomic mass is 33.1. The van der Waals surface area contributed by atoms with Crippen molar-refractivity contribution in [1.82, 2.24) is 0 Å². The number of carbonyl (C=O) groups is 2. The van der Waals surface area contributed by atoms with Crippen LogP contribution in [0.15, 0.2) is 0 Å². The Morgan fingerprint density at radius 3 is 1.43 bits per heavy atom. The molecule has 0 aromatic carbocycles. The lowest BCUT2D eigenvalue weighted by molar-refractivity contribution is -0.109. The molecule has 0 N–H and O–H groups in total. The van der Waals surface area contributed by atoms with Gasteiger partial charge in [0.2, 0.25) is 0 Å². The molecule has 82 valence electrons. The summed E-state index contributed by atoms with van der Waals surface area (Å²) in [6.07, 6.45) is 0. The van der Waals surface area contributed by atoms with E-state index in [1.165, 1.54) is 23.5 Å². The summed E-state index contributed by atoms with van der Waals surface area (Å²) in [6.45, 7) is 3.18. The van der Waals surface area contributed by atoms with Crippen molar-refractivity contribution >= 4 is 55.3 Å². The molecule has 0 aliphatic rings. The Kier molecular flexibility index (Phi) is 10.8. The molecule has 0 heterocycles. The fourth-order valence-electron chi connectivity index (χ4n) is 0.557. The Bertz CT molecular complexity index is 164. The van der Waals surface area contributed by atoms with E-state index in [1.807, 2.05) is 0 Å². The summed E-state index contributed by atoms with van der Waals surface area (Å²) in [6, 6.07) is 0. The Balaban J connectivity index is 2.99. The minimum atomic E-state index is 0.183. The van der Waals surface area contributed by atoms with E-state index in [4.69, 9.17) is 0 Å². The van der Waals surface area contributed by atoms with Crippen molar-refractivity contribution in [3.05, 3.63) is 0 Å². The first-order chi connectivity index (χ1) is 6.63. The molecule has 0 unspecified atom stereocenters. The largest absolute Gasteiger partial charge is 0.288 e. The highest BCUT2D eigenvalue weighted by Gasteiger charge is 1.96. The van der Waals surface area contributed by atoms with Crippen LogP contribution in [0.4, 0.5) is 0 Å². The monoisotopic (exact) mass is 270 g/mol. The summed E-state index contributed by atoms with van der Waals surface area (Å²) < 4.78 is 0. The lowest BCUT2D eigenvalue weighted by Gasteiger charge is -1.98. The average molecular weight is 270 g/mol. The Morgan fingerprint density at radius 2 is 1.14 bits per heavy atom. The van der Waals surface area contributed by atoms with Crippen molar-refractivity contribution in [3.8, 4) is 0 Å².